The van der Waals surface area contributed by atoms with Gasteiger partial charge in [0.25, 0.3) is 0 Å². The molecule has 0 fully saturated rings. The van der Waals surface area contributed by atoms with Crippen LogP contribution in [-0.4, -0.2) is 0 Å². The lowest BCUT2D eigenvalue weighted by atomic mass is 10.1. The summed E-state index contributed by atoms with van der Waals surface area (Å²) in [6, 6.07) is 24.9. The number of hydrogen-bond acceptors (Lipinski definition) is 2. The van der Waals surface area contributed by atoms with Crippen LogP contribution < -0.4 is 5.48 Å². The molecule has 1 N–H and O–H groups in total. The highest BCUT2D eigenvalue weighted by molar-refractivity contribution is 5.85. The Bertz CT molecular complexity index is 674. The molecule has 0 unspecified atom stereocenters. The summed E-state index contributed by atoms with van der Waals surface area (Å²) in [5.41, 5.74) is 5.43. The van der Waals surface area contributed by atoms with Crippen LogP contribution in [0.2, 0.25) is 0 Å². The third-order valence-corrected chi connectivity index (χ3v) is 3.33. The quantitative estimate of drug-likeness (QED) is 0.553. The third-order valence-electron chi connectivity index (χ3n) is 3.33. The van der Waals surface area contributed by atoms with Crippen LogP contribution in [0.15, 0.2) is 72.8 Å². The minimum Gasteiger partial charge on any atom is -0.297 e. The van der Waals surface area contributed by atoms with E-state index in [0.717, 1.165) is 0 Å². The van der Waals surface area contributed by atoms with Gasteiger partial charge >= 0.3 is 0 Å². The molecule has 20 heavy (non-hydrogen) atoms. The highest BCUT2D eigenvalue weighted by atomic mass is 16.6. The summed E-state index contributed by atoms with van der Waals surface area (Å²) in [7, 11) is 0. The standard InChI is InChI=1S/C18H17NO/c1-2-7-15(8-3-1)13-19-20-14-17-11-6-10-16-9-4-5-12-18(16)17/h1-12,19H,13-14H2. The van der Waals surface area contributed by atoms with Crippen LogP contribution in [-0.2, 0) is 18.0 Å². The lowest BCUT2D eigenvalue weighted by molar-refractivity contribution is 0.0241. The Balaban J connectivity index is 1.60. The molecule has 0 aliphatic rings. The molecular weight excluding hydrogens is 246 g/mol. The van der Waals surface area contributed by atoms with Crippen LogP contribution in [0, 0.1) is 0 Å². The summed E-state index contributed by atoms with van der Waals surface area (Å²) in [6.07, 6.45) is 0. The Morgan fingerprint density at radius 2 is 1.50 bits per heavy atom. The highest BCUT2D eigenvalue weighted by Crippen LogP contribution is 2.18. The predicted molar refractivity (Wildman–Crippen MR) is 82.0 cm³/mol. The summed E-state index contributed by atoms with van der Waals surface area (Å²) < 4.78 is 0. The van der Waals surface area contributed by atoms with Gasteiger partial charge in [0.1, 0.15) is 0 Å². The minimum absolute atomic E-state index is 0.564. The SMILES string of the molecule is c1ccc(CNOCc2cccc3ccccc23)cc1. The molecule has 0 saturated heterocycles. The second kappa shape index (κ2) is 6.33. The smallest absolute Gasteiger partial charge is 0.0939 e. The molecule has 3 rings (SSSR count). The van der Waals surface area contributed by atoms with Crippen molar-refractivity contribution in [2.75, 3.05) is 0 Å². The number of hydroxylamine groups is 1. The molecule has 2 nitrogen and oxygen atoms in total. The Labute approximate surface area is 119 Å². The van der Waals surface area contributed by atoms with Crippen LogP contribution in [0.5, 0.6) is 0 Å². The Morgan fingerprint density at radius 3 is 2.40 bits per heavy atom. The maximum absolute atomic E-state index is 5.58. The molecule has 0 aromatic heterocycles. The molecule has 0 spiro atoms. The molecule has 0 radical (unpaired) electrons. The van der Waals surface area contributed by atoms with Crippen molar-refractivity contribution in [3.05, 3.63) is 83.9 Å². The van der Waals surface area contributed by atoms with Gasteiger partial charge in [-0.1, -0.05) is 72.8 Å². The maximum atomic E-state index is 5.58. The summed E-state index contributed by atoms with van der Waals surface area (Å²) in [6.45, 7) is 1.28. The Hall–Kier alpha value is -2.16. The van der Waals surface area contributed by atoms with Gasteiger partial charge in [-0.3, -0.25) is 4.84 Å². The molecule has 0 amide bonds. The van der Waals surface area contributed by atoms with E-state index in [9.17, 15) is 0 Å². The van der Waals surface area contributed by atoms with E-state index in [1.54, 1.807) is 0 Å². The number of rotatable bonds is 5. The van der Waals surface area contributed by atoms with Gasteiger partial charge in [-0.2, -0.15) is 5.48 Å². The summed E-state index contributed by atoms with van der Waals surface area (Å²) in [5, 5.41) is 2.49. The first-order chi connectivity index (χ1) is 9.93. The molecular formula is C18H17NO. The van der Waals surface area contributed by atoms with Gasteiger partial charge in [-0.15, -0.1) is 0 Å². The molecule has 100 valence electrons. The highest BCUT2D eigenvalue weighted by Gasteiger charge is 2.00. The molecule has 0 aliphatic carbocycles. The molecule has 3 aromatic carbocycles. The van der Waals surface area contributed by atoms with Crippen molar-refractivity contribution in [3.63, 3.8) is 0 Å². The largest absolute Gasteiger partial charge is 0.297 e. The van der Waals surface area contributed by atoms with E-state index in [4.69, 9.17) is 4.84 Å². The van der Waals surface area contributed by atoms with Gasteiger partial charge in [0.15, 0.2) is 0 Å². The second-order valence-corrected chi connectivity index (χ2v) is 4.73. The van der Waals surface area contributed by atoms with Gasteiger partial charge in [0.2, 0.25) is 0 Å². The van der Waals surface area contributed by atoms with E-state index in [1.807, 2.05) is 18.2 Å². The zero-order valence-electron chi connectivity index (χ0n) is 11.3. The van der Waals surface area contributed by atoms with Crippen molar-refractivity contribution in [2.24, 2.45) is 0 Å². The average molecular weight is 263 g/mol. The summed E-state index contributed by atoms with van der Waals surface area (Å²) >= 11 is 0. The van der Waals surface area contributed by atoms with Crippen molar-refractivity contribution in [1.29, 1.82) is 0 Å². The van der Waals surface area contributed by atoms with E-state index in [2.05, 4.69) is 60.1 Å². The van der Waals surface area contributed by atoms with Crippen molar-refractivity contribution in [3.8, 4) is 0 Å². The van der Waals surface area contributed by atoms with E-state index >= 15 is 0 Å². The van der Waals surface area contributed by atoms with Crippen molar-refractivity contribution in [1.82, 2.24) is 5.48 Å². The molecule has 0 heterocycles. The van der Waals surface area contributed by atoms with Crippen molar-refractivity contribution in [2.45, 2.75) is 13.2 Å². The first kappa shape index (κ1) is 12.9. The van der Waals surface area contributed by atoms with Gasteiger partial charge in [0, 0.05) is 6.54 Å². The summed E-state index contributed by atoms with van der Waals surface area (Å²) in [5.74, 6) is 0. The van der Waals surface area contributed by atoms with Gasteiger partial charge in [-0.25, -0.2) is 0 Å². The van der Waals surface area contributed by atoms with E-state index in [0.29, 0.717) is 13.2 Å². The summed E-state index contributed by atoms with van der Waals surface area (Å²) in [4.78, 5) is 5.58. The lowest BCUT2D eigenvalue weighted by Crippen LogP contribution is -2.13. The first-order valence-electron chi connectivity index (χ1n) is 6.79. The van der Waals surface area contributed by atoms with Crippen LogP contribution in [0.1, 0.15) is 11.1 Å². The monoisotopic (exact) mass is 263 g/mol. The normalized spacial score (nSPS) is 10.8. The van der Waals surface area contributed by atoms with Crippen molar-refractivity contribution >= 4 is 10.8 Å². The van der Waals surface area contributed by atoms with Crippen LogP contribution >= 0.6 is 0 Å². The van der Waals surface area contributed by atoms with E-state index in [-0.39, 0.29) is 0 Å². The molecule has 3 aromatic rings. The van der Waals surface area contributed by atoms with Gasteiger partial charge < -0.3 is 0 Å². The minimum atomic E-state index is 0.564. The fourth-order valence-electron chi connectivity index (χ4n) is 2.28. The Kier molecular flexibility index (Phi) is 4.07. The van der Waals surface area contributed by atoms with Gasteiger partial charge in [0.05, 0.1) is 6.61 Å². The molecule has 0 saturated carbocycles. The fourth-order valence-corrected chi connectivity index (χ4v) is 2.28. The van der Waals surface area contributed by atoms with Gasteiger partial charge in [-0.05, 0) is 21.9 Å². The number of hydrogen-bond donors (Lipinski definition) is 1. The first-order valence-corrected chi connectivity index (χ1v) is 6.79. The van der Waals surface area contributed by atoms with Crippen LogP contribution in [0.4, 0.5) is 0 Å². The predicted octanol–water partition coefficient (Wildman–Crippen LogP) is 4.06. The Morgan fingerprint density at radius 1 is 0.750 bits per heavy atom. The molecule has 0 atom stereocenters. The topological polar surface area (TPSA) is 21.3 Å². The molecule has 0 aliphatic heterocycles. The maximum Gasteiger partial charge on any atom is 0.0939 e. The third kappa shape index (κ3) is 3.05. The van der Waals surface area contributed by atoms with Crippen LogP contribution in [0.3, 0.4) is 0 Å². The fraction of sp³-hybridized carbons (Fsp3) is 0.111. The second-order valence-electron chi connectivity index (χ2n) is 4.73. The van der Waals surface area contributed by atoms with Crippen molar-refractivity contribution < 1.29 is 4.84 Å². The van der Waals surface area contributed by atoms with Crippen LogP contribution in [0.25, 0.3) is 10.8 Å². The van der Waals surface area contributed by atoms with E-state index in [1.165, 1.54) is 21.9 Å². The molecule has 2 heteroatoms. The zero-order valence-corrected chi connectivity index (χ0v) is 11.3. The zero-order chi connectivity index (χ0) is 13.6. The van der Waals surface area contributed by atoms with E-state index < -0.39 is 0 Å². The molecule has 0 bridgehead atoms. The number of benzene rings is 3. The number of fused-ring (bicyclic) bond motifs is 1. The number of nitrogens with one attached hydrogen (secondary N) is 1. The average Bonchev–Trinajstić information content (AvgIpc) is 2.53. The lowest BCUT2D eigenvalue weighted by Gasteiger charge is -2.08.